The molecule has 0 bridgehead atoms. The summed E-state index contributed by atoms with van der Waals surface area (Å²) >= 11 is 0. The van der Waals surface area contributed by atoms with Gasteiger partial charge in [0, 0.05) is 19.3 Å². The normalized spacial score (nSPS) is 10.9. The number of rotatable bonds is 7. The van der Waals surface area contributed by atoms with E-state index in [9.17, 15) is 9.90 Å². The number of aliphatic hydroxyl groups is 1. The van der Waals surface area contributed by atoms with E-state index < -0.39 is 0 Å². The highest BCUT2D eigenvalue weighted by atomic mass is 16.5. The molecule has 0 aliphatic rings. The topological polar surface area (TPSA) is 67.1 Å². The van der Waals surface area contributed by atoms with Crippen LogP contribution in [0.5, 0.6) is 5.75 Å². The van der Waals surface area contributed by atoms with Crippen LogP contribution in [0.25, 0.3) is 5.65 Å². The summed E-state index contributed by atoms with van der Waals surface area (Å²) in [4.78, 5) is 19.6. The summed E-state index contributed by atoms with van der Waals surface area (Å²) in [5.74, 6) is 0.471. The van der Waals surface area contributed by atoms with E-state index in [-0.39, 0.29) is 19.1 Å². The Labute approximate surface area is 152 Å². The number of methoxy groups -OCH3 is 1. The van der Waals surface area contributed by atoms with Crippen LogP contribution >= 0.6 is 0 Å². The van der Waals surface area contributed by atoms with Crippen LogP contribution in [-0.2, 0) is 13.0 Å². The highest BCUT2D eigenvalue weighted by Gasteiger charge is 2.24. The maximum Gasteiger partial charge on any atom is 0.273 e. The molecule has 136 valence electrons. The number of hydrogen-bond acceptors (Lipinski definition) is 4. The van der Waals surface area contributed by atoms with Gasteiger partial charge in [0.2, 0.25) is 0 Å². The molecule has 0 aliphatic heterocycles. The molecule has 0 saturated heterocycles. The van der Waals surface area contributed by atoms with E-state index >= 15 is 0 Å². The molecule has 1 amide bonds. The molecule has 2 aromatic heterocycles. The number of carbonyl (C=O) groups excluding carboxylic acids is 1. The Hall–Kier alpha value is -2.86. The summed E-state index contributed by atoms with van der Waals surface area (Å²) in [6.07, 6.45) is 2.45. The number of hydrogen-bond donors (Lipinski definition) is 1. The van der Waals surface area contributed by atoms with Crippen LogP contribution in [0, 0.1) is 0 Å². The quantitative estimate of drug-likeness (QED) is 0.709. The van der Waals surface area contributed by atoms with Gasteiger partial charge in [-0.3, -0.25) is 9.20 Å². The first-order valence-corrected chi connectivity index (χ1v) is 8.67. The zero-order valence-corrected chi connectivity index (χ0v) is 15.1. The molecule has 3 rings (SSSR count). The first kappa shape index (κ1) is 17.9. The van der Waals surface area contributed by atoms with Crippen molar-refractivity contribution < 1.29 is 14.6 Å². The van der Waals surface area contributed by atoms with Crippen molar-refractivity contribution in [2.45, 2.75) is 19.9 Å². The van der Waals surface area contributed by atoms with Crippen molar-refractivity contribution in [3.05, 3.63) is 65.6 Å². The molecule has 0 aliphatic carbocycles. The minimum Gasteiger partial charge on any atom is -0.493 e. The van der Waals surface area contributed by atoms with Gasteiger partial charge in [0.25, 0.3) is 5.91 Å². The number of imidazole rings is 1. The first-order valence-electron chi connectivity index (χ1n) is 8.67. The van der Waals surface area contributed by atoms with Crippen molar-refractivity contribution >= 4 is 11.6 Å². The Bertz CT molecular complexity index is 890. The van der Waals surface area contributed by atoms with Crippen LogP contribution in [0.1, 0.15) is 28.7 Å². The van der Waals surface area contributed by atoms with Crippen molar-refractivity contribution in [2.75, 3.05) is 20.3 Å². The molecule has 26 heavy (non-hydrogen) atoms. The second kappa shape index (κ2) is 8.01. The van der Waals surface area contributed by atoms with E-state index in [2.05, 4.69) is 4.98 Å². The molecular formula is C20H23N3O3. The molecule has 1 N–H and O–H groups in total. The first-order chi connectivity index (χ1) is 12.7. The number of nitrogens with zero attached hydrogens (tertiary/aromatic N) is 3. The Morgan fingerprint density at radius 1 is 1.23 bits per heavy atom. The zero-order valence-electron chi connectivity index (χ0n) is 15.1. The molecular weight excluding hydrogens is 330 g/mol. The van der Waals surface area contributed by atoms with Crippen molar-refractivity contribution in [1.29, 1.82) is 0 Å². The number of fused-ring (bicyclic) bond motifs is 1. The van der Waals surface area contributed by atoms with E-state index in [0.29, 0.717) is 30.1 Å². The van der Waals surface area contributed by atoms with Gasteiger partial charge in [-0.05, 0) is 24.1 Å². The smallest absolute Gasteiger partial charge is 0.273 e. The van der Waals surface area contributed by atoms with E-state index in [0.717, 1.165) is 11.3 Å². The van der Waals surface area contributed by atoms with E-state index in [1.165, 1.54) is 0 Å². The highest BCUT2D eigenvalue weighted by molar-refractivity contribution is 5.95. The summed E-state index contributed by atoms with van der Waals surface area (Å²) in [7, 11) is 1.59. The molecule has 0 radical (unpaired) electrons. The molecule has 0 atom stereocenters. The van der Waals surface area contributed by atoms with E-state index in [1.807, 2.05) is 55.6 Å². The molecule has 0 spiro atoms. The van der Waals surface area contributed by atoms with E-state index in [1.54, 1.807) is 16.4 Å². The fourth-order valence-corrected chi connectivity index (χ4v) is 3.05. The van der Waals surface area contributed by atoms with Gasteiger partial charge in [-0.25, -0.2) is 4.98 Å². The molecule has 3 aromatic rings. The number of aryl methyl sites for hydroxylation is 1. The lowest BCUT2D eigenvalue weighted by Crippen LogP contribution is -2.34. The lowest BCUT2D eigenvalue weighted by Gasteiger charge is -2.22. The number of carbonyl (C=O) groups is 1. The number of pyridine rings is 1. The second-order valence-electron chi connectivity index (χ2n) is 5.97. The van der Waals surface area contributed by atoms with Crippen molar-refractivity contribution in [3.63, 3.8) is 0 Å². The molecule has 6 nitrogen and oxygen atoms in total. The minimum absolute atomic E-state index is 0.0971. The predicted octanol–water partition coefficient (Wildman–Crippen LogP) is 2.54. The number of aromatic nitrogens is 2. The summed E-state index contributed by atoms with van der Waals surface area (Å²) in [6, 6.07) is 13.4. The van der Waals surface area contributed by atoms with E-state index in [4.69, 9.17) is 4.74 Å². The number of benzene rings is 1. The summed E-state index contributed by atoms with van der Waals surface area (Å²) in [5.41, 5.74) is 2.87. The molecule has 1 aromatic carbocycles. The lowest BCUT2D eigenvalue weighted by molar-refractivity contribution is 0.0699. The summed E-state index contributed by atoms with van der Waals surface area (Å²) in [5, 5.41) is 9.45. The van der Waals surface area contributed by atoms with Gasteiger partial charge in [-0.2, -0.15) is 0 Å². The highest BCUT2D eigenvalue weighted by Crippen LogP contribution is 2.23. The second-order valence-corrected chi connectivity index (χ2v) is 5.97. The average molecular weight is 353 g/mol. The summed E-state index contributed by atoms with van der Waals surface area (Å²) in [6.45, 7) is 2.56. The third-order valence-corrected chi connectivity index (χ3v) is 4.32. The third-order valence-electron chi connectivity index (χ3n) is 4.32. The fraction of sp³-hybridized carbons (Fsp3) is 0.300. The molecule has 2 heterocycles. The summed E-state index contributed by atoms with van der Waals surface area (Å²) < 4.78 is 7.15. The monoisotopic (exact) mass is 353 g/mol. The number of amides is 1. The molecule has 6 heteroatoms. The van der Waals surface area contributed by atoms with Gasteiger partial charge in [0.05, 0.1) is 19.4 Å². The molecule has 0 fully saturated rings. The molecule has 0 unspecified atom stereocenters. The number of ether oxygens (including phenoxy) is 1. The van der Waals surface area contributed by atoms with Gasteiger partial charge in [-0.1, -0.05) is 37.3 Å². The van der Waals surface area contributed by atoms with Gasteiger partial charge in [-0.15, -0.1) is 0 Å². The third kappa shape index (κ3) is 3.41. The Balaban J connectivity index is 2.03. The largest absolute Gasteiger partial charge is 0.493 e. The SMILES string of the molecule is CCc1nc2c(OC)cccn2c1C(=O)N(CCO)Cc1ccccc1. The van der Waals surface area contributed by atoms with Crippen molar-refractivity contribution in [1.82, 2.24) is 14.3 Å². The minimum atomic E-state index is -0.152. The van der Waals surface area contributed by atoms with Crippen LogP contribution in [-0.4, -0.2) is 45.6 Å². The fourth-order valence-electron chi connectivity index (χ4n) is 3.05. The van der Waals surface area contributed by atoms with Gasteiger partial charge in [0.15, 0.2) is 11.4 Å². The number of aliphatic hydroxyl groups excluding tert-OH is 1. The zero-order chi connectivity index (χ0) is 18.5. The van der Waals surface area contributed by atoms with Crippen LogP contribution in [0.3, 0.4) is 0 Å². The Morgan fingerprint density at radius 3 is 2.65 bits per heavy atom. The lowest BCUT2D eigenvalue weighted by atomic mass is 10.2. The van der Waals surface area contributed by atoms with Crippen LogP contribution < -0.4 is 4.74 Å². The predicted molar refractivity (Wildman–Crippen MR) is 99.4 cm³/mol. The average Bonchev–Trinajstić information content (AvgIpc) is 3.06. The van der Waals surface area contributed by atoms with Crippen LogP contribution in [0.2, 0.25) is 0 Å². The van der Waals surface area contributed by atoms with Gasteiger partial charge in [0.1, 0.15) is 5.69 Å². The standard InChI is InChI=1S/C20H23N3O3/c1-3-16-18(23-11-7-10-17(26-2)19(23)21-16)20(25)22(12-13-24)14-15-8-5-4-6-9-15/h4-11,24H,3,12-14H2,1-2H3. The maximum absolute atomic E-state index is 13.3. The van der Waals surface area contributed by atoms with Crippen molar-refractivity contribution in [2.24, 2.45) is 0 Å². The Kier molecular flexibility index (Phi) is 5.53. The van der Waals surface area contributed by atoms with Gasteiger partial charge >= 0.3 is 0 Å². The molecule has 0 saturated carbocycles. The Morgan fingerprint density at radius 2 is 2.00 bits per heavy atom. The van der Waals surface area contributed by atoms with Crippen LogP contribution in [0.15, 0.2) is 48.7 Å². The maximum atomic E-state index is 13.3. The van der Waals surface area contributed by atoms with Gasteiger partial charge < -0.3 is 14.7 Å². The van der Waals surface area contributed by atoms with Crippen LogP contribution in [0.4, 0.5) is 0 Å². The van der Waals surface area contributed by atoms with Crippen molar-refractivity contribution in [3.8, 4) is 5.75 Å².